The van der Waals surface area contributed by atoms with Crippen LogP contribution in [0.15, 0.2) is 0 Å². The number of carbonyl (C=O) groups excluding carboxylic acids is 2. The van der Waals surface area contributed by atoms with Gasteiger partial charge in [-0.05, 0) is 81.1 Å². The first-order valence-corrected chi connectivity index (χ1v) is 13.0. The summed E-state index contributed by atoms with van der Waals surface area (Å²) in [6.07, 6.45) is 3.63. The lowest BCUT2D eigenvalue weighted by atomic mass is 9.90. The fourth-order valence-corrected chi connectivity index (χ4v) is 5.45. The van der Waals surface area contributed by atoms with Crippen molar-refractivity contribution >= 4 is 11.8 Å². The van der Waals surface area contributed by atoms with Gasteiger partial charge in [0, 0.05) is 63.7 Å². The highest BCUT2D eigenvalue weighted by Gasteiger charge is 2.43. The molecule has 0 unspecified atom stereocenters. The number of hydrogen-bond acceptors (Lipinski definition) is 6. The second-order valence-corrected chi connectivity index (χ2v) is 12.4. The lowest BCUT2D eigenvalue weighted by molar-refractivity contribution is -0.144. The third-order valence-corrected chi connectivity index (χ3v) is 6.38. The largest absolute Gasteiger partial charge is 0.381 e. The minimum absolute atomic E-state index is 0.0774. The number of rotatable bonds is 13. The van der Waals surface area contributed by atoms with Crippen molar-refractivity contribution in [2.24, 2.45) is 0 Å². The molecule has 2 amide bonds. The standard InChI is InChI=1S/C26H50N4O4/c1-23(2)19-29(21(31)25(5,6)27-23)13-11-17-33-15-9-10-16-34-18-12-14-30-20-24(3,4)28-26(7,8)22(30)32/h27-28H,9-20H2,1-8H3. The molecule has 2 N–H and O–H groups in total. The Morgan fingerprint density at radius 1 is 0.618 bits per heavy atom. The van der Waals surface area contributed by atoms with Crippen LogP contribution in [0.4, 0.5) is 0 Å². The van der Waals surface area contributed by atoms with Crippen LogP contribution in [0.1, 0.15) is 81.1 Å². The number of nitrogens with zero attached hydrogens (tertiary/aromatic N) is 2. The molecular weight excluding hydrogens is 432 g/mol. The number of carbonyl (C=O) groups is 2. The average Bonchev–Trinajstić information content (AvgIpc) is 2.68. The van der Waals surface area contributed by atoms with Crippen LogP contribution in [0.25, 0.3) is 0 Å². The van der Waals surface area contributed by atoms with E-state index in [0.29, 0.717) is 13.2 Å². The molecule has 2 aliphatic heterocycles. The lowest BCUT2D eigenvalue weighted by Gasteiger charge is -2.47. The highest BCUT2D eigenvalue weighted by molar-refractivity contribution is 5.87. The Kier molecular flexibility index (Phi) is 9.96. The first-order chi connectivity index (χ1) is 15.7. The fourth-order valence-electron chi connectivity index (χ4n) is 5.45. The Balaban J connectivity index is 1.48. The van der Waals surface area contributed by atoms with Crippen LogP contribution in [0.2, 0.25) is 0 Å². The minimum atomic E-state index is -0.518. The highest BCUT2D eigenvalue weighted by Crippen LogP contribution is 2.23. The molecule has 198 valence electrons. The normalized spacial score (nSPS) is 23.4. The van der Waals surface area contributed by atoms with E-state index in [1.165, 1.54) is 0 Å². The van der Waals surface area contributed by atoms with Gasteiger partial charge in [-0.25, -0.2) is 0 Å². The highest BCUT2D eigenvalue weighted by atomic mass is 16.5. The van der Waals surface area contributed by atoms with Crippen molar-refractivity contribution in [3.05, 3.63) is 0 Å². The fraction of sp³-hybridized carbons (Fsp3) is 0.923. The zero-order valence-electron chi connectivity index (χ0n) is 23.0. The molecule has 0 atom stereocenters. The maximum absolute atomic E-state index is 12.6. The van der Waals surface area contributed by atoms with Crippen LogP contribution in [0.5, 0.6) is 0 Å². The van der Waals surface area contributed by atoms with Crippen LogP contribution in [0, 0.1) is 0 Å². The molecule has 0 aromatic rings. The molecule has 2 aliphatic rings. The Bertz CT molecular complexity index is 632. The van der Waals surface area contributed by atoms with Gasteiger partial charge in [-0.3, -0.25) is 20.2 Å². The molecule has 2 fully saturated rings. The van der Waals surface area contributed by atoms with Gasteiger partial charge in [0.15, 0.2) is 0 Å². The van der Waals surface area contributed by atoms with Crippen LogP contribution in [0.3, 0.4) is 0 Å². The topological polar surface area (TPSA) is 83.1 Å². The maximum atomic E-state index is 12.6. The van der Waals surface area contributed by atoms with Gasteiger partial charge < -0.3 is 19.3 Å². The summed E-state index contributed by atoms with van der Waals surface area (Å²) in [4.78, 5) is 29.1. The summed E-state index contributed by atoms with van der Waals surface area (Å²) in [5, 5.41) is 6.85. The first-order valence-electron chi connectivity index (χ1n) is 13.0. The van der Waals surface area contributed by atoms with E-state index in [1.807, 2.05) is 37.5 Å². The first kappa shape index (κ1) is 29.0. The summed E-state index contributed by atoms with van der Waals surface area (Å²) in [7, 11) is 0. The second-order valence-electron chi connectivity index (χ2n) is 12.4. The van der Waals surface area contributed by atoms with Gasteiger partial charge in [0.25, 0.3) is 0 Å². The molecule has 0 aromatic heterocycles. The molecule has 0 radical (unpaired) electrons. The molecule has 2 rings (SSSR count). The quantitative estimate of drug-likeness (QED) is 0.393. The lowest BCUT2D eigenvalue weighted by Crippen LogP contribution is -2.69. The van der Waals surface area contributed by atoms with E-state index in [1.54, 1.807) is 0 Å². The van der Waals surface area contributed by atoms with Crippen molar-refractivity contribution in [1.29, 1.82) is 0 Å². The monoisotopic (exact) mass is 482 g/mol. The summed E-state index contributed by atoms with van der Waals surface area (Å²) in [6, 6.07) is 0. The Morgan fingerprint density at radius 3 is 1.29 bits per heavy atom. The Hall–Kier alpha value is -1.22. The van der Waals surface area contributed by atoms with Crippen LogP contribution in [-0.4, -0.2) is 96.4 Å². The SMILES string of the molecule is CC1(C)CN(CCCOCCCCOCCCN2CC(C)(C)NC(C)(C)C2=O)C(=O)C(C)(C)N1. The third-order valence-electron chi connectivity index (χ3n) is 6.38. The molecule has 34 heavy (non-hydrogen) atoms. The van der Waals surface area contributed by atoms with Crippen molar-refractivity contribution in [2.45, 2.75) is 103 Å². The molecular formula is C26H50N4O4. The summed E-state index contributed by atoms with van der Waals surface area (Å²) in [5.41, 5.74) is -1.19. The molecule has 2 heterocycles. The summed E-state index contributed by atoms with van der Waals surface area (Å²) < 4.78 is 11.5. The zero-order chi connectivity index (χ0) is 25.6. The van der Waals surface area contributed by atoms with Crippen molar-refractivity contribution in [1.82, 2.24) is 20.4 Å². The predicted molar refractivity (Wildman–Crippen MR) is 136 cm³/mol. The number of nitrogens with one attached hydrogen (secondary N) is 2. The molecule has 8 nitrogen and oxygen atoms in total. The third kappa shape index (κ3) is 8.77. The predicted octanol–water partition coefficient (Wildman–Crippen LogP) is 2.56. The van der Waals surface area contributed by atoms with Crippen molar-refractivity contribution in [3.63, 3.8) is 0 Å². The van der Waals surface area contributed by atoms with Gasteiger partial charge in [0.2, 0.25) is 11.8 Å². The molecule has 8 heteroatoms. The molecule has 0 spiro atoms. The van der Waals surface area contributed by atoms with Gasteiger partial charge in [-0.15, -0.1) is 0 Å². The Labute approximate surface area is 207 Å². The van der Waals surface area contributed by atoms with Crippen molar-refractivity contribution < 1.29 is 19.1 Å². The average molecular weight is 483 g/mol. The van der Waals surface area contributed by atoms with Crippen molar-refractivity contribution in [3.8, 4) is 0 Å². The number of unbranched alkanes of at least 4 members (excludes halogenated alkanes) is 1. The summed E-state index contributed by atoms with van der Waals surface area (Å²) >= 11 is 0. The van der Waals surface area contributed by atoms with E-state index >= 15 is 0 Å². The maximum Gasteiger partial charge on any atom is 0.242 e. The molecule has 2 saturated heterocycles. The van der Waals surface area contributed by atoms with Gasteiger partial charge >= 0.3 is 0 Å². The number of piperazine rings is 2. The van der Waals surface area contributed by atoms with Gasteiger partial charge in [0.1, 0.15) is 0 Å². The Morgan fingerprint density at radius 2 is 0.941 bits per heavy atom. The van der Waals surface area contributed by atoms with Gasteiger partial charge in [-0.1, -0.05) is 0 Å². The van der Waals surface area contributed by atoms with E-state index in [2.05, 4.69) is 38.3 Å². The van der Waals surface area contributed by atoms with Gasteiger partial charge in [-0.2, -0.15) is 0 Å². The smallest absolute Gasteiger partial charge is 0.242 e. The van der Waals surface area contributed by atoms with Crippen LogP contribution in [-0.2, 0) is 19.1 Å². The van der Waals surface area contributed by atoms with E-state index in [9.17, 15) is 9.59 Å². The van der Waals surface area contributed by atoms with E-state index in [0.717, 1.165) is 65.1 Å². The molecule has 0 bridgehead atoms. The zero-order valence-corrected chi connectivity index (χ0v) is 23.0. The van der Waals surface area contributed by atoms with Crippen molar-refractivity contribution in [2.75, 3.05) is 52.6 Å². The molecule has 0 saturated carbocycles. The summed E-state index contributed by atoms with van der Waals surface area (Å²) in [6.45, 7) is 22.1. The number of hydrogen-bond donors (Lipinski definition) is 2. The van der Waals surface area contributed by atoms with E-state index in [4.69, 9.17) is 9.47 Å². The van der Waals surface area contributed by atoms with E-state index in [-0.39, 0.29) is 22.9 Å². The summed E-state index contributed by atoms with van der Waals surface area (Å²) in [5.74, 6) is 0.329. The second kappa shape index (κ2) is 11.7. The van der Waals surface area contributed by atoms with Crippen LogP contribution >= 0.6 is 0 Å². The number of amides is 2. The molecule has 0 aliphatic carbocycles. The van der Waals surface area contributed by atoms with Crippen LogP contribution < -0.4 is 10.6 Å². The number of ether oxygens (including phenoxy) is 2. The minimum Gasteiger partial charge on any atom is -0.381 e. The van der Waals surface area contributed by atoms with E-state index < -0.39 is 11.1 Å². The van der Waals surface area contributed by atoms with Gasteiger partial charge in [0.05, 0.1) is 11.1 Å². The molecule has 0 aromatic carbocycles.